The number of aliphatic imine (C=N–C) groups is 1. The van der Waals surface area contributed by atoms with Crippen LogP contribution in [0.1, 0.15) is 11.1 Å². The van der Waals surface area contributed by atoms with E-state index in [0.717, 1.165) is 16.9 Å². The third-order valence-corrected chi connectivity index (χ3v) is 3.93. The molecule has 0 radical (unpaired) electrons. The van der Waals surface area contributed by atoms with Gasteiger partial charge in [0, 0.05) is 5.56 Å². The van der Waals surface area contributed by atoms with E-state index >= 15 is 0 Å². The Morgan fingerprint density at radius 1 is 1.12 bits per heavy atom. The molecule has 0 saturated heterocycles. The maximum Gasteiger partial charge on any atom is 0.363 e. The van der Waals surface area contributed by atoms with Crippen LogP contribution in [0.15, 0.2) is 70.9 Å². The van der Waals surface area contributed by atoms with Crippen molar-refractivity contribution >= 4 is 17.9 Å². The molecule has 0 saturated carbocycles. The van der Waals surface area contributed by atoms with Crippen LogP contribution in [0.25, 0.3) is 6.08 Å². The highest BCUT2D eigenvalue weighted by atomic mass is 16.6. The minimum atomic E-state index is -0.485. The van der Waals surface area contributed by atoms with E-state index in [1.165, 1.54) is 0 Å². The van der Waals surface area contributed by atoms with E-state index in [-0.39, 0.29) is 11.6 Å². The Kier molecular flexibility index (Phi) is 3.82. The van der Waals surface area contributed by atoms with Crippen LogP contribution in [0.3, 0.4) is 0 Å². The van der Waals surface area contributed by atoms with Gasteiger partial charge in [0.15, 0.2) is 5.70 Å². The van der Waals surface area contributed by atoms with Gasteiger partial charge in [-0.05, 0) is 35.9 Å². The van der Waals surface area contributed by atoms with Crippen LogP contribution in [-0.4, -0.2) is 25.6 Å². The molecule has 25 heavy (non-hydrogen) atoms. The first-order valence-electron chi connectivity index (χ1n) is 7.83. The van der Waals surface area contributed by atoms with Crippen LogP contribution in [0.4, 0.5) is 0 Å². The van der Waals surface area contributed by atoms with Gasteiger partial charge in [0.05, 0.1) is 12.7 Å². The molecule has 124 valence electrons. The van der Waals surface area contributed by atoms with Crippen LogP contribution in [0.2, 0.25) is 0 Å². The van der Waals surface area contributed by atoms with E-state index in [1.807, 2.05) is 42.5 Å². The molecule has 2 heterocycles. The lowest BCUT2D eigenvalue weighted by Crippen LogP contribution is -2.08. The van der Waals surface area contributed by atoms with Crippen molar-refractivity contribution in [2.45, 2.75) is 0 Å². The van der Waals surface area contributed by atoms with E-state index in [2.05, 4.69) is 4.99 Å². The molecule has 0 fully saturated rings. The smallest absolute Gasteiger partial charge is 0.363 e. The summed E-state index contributed by atoms with van der Waals surface area (Å²) in [6, 6.07) is 15.0. The highest BCUT2D eigenvalue weighted by Gasteiger charge is 2.26. The standard InChI is InChI=1S/C20H15NO4/c1-23-18-9-5-3-7-15(18)19-21-16(20(22)25-19)11-13-10-14-6-2-4-8-17(14)24-12-13/h2-11H,12H2,1H3/b16-11+. The largest absolute Gasteiger partial charge is 0.496 e. The molecule has 2 aromatic rings. The van der Waals surface area contributed by atoms with Crippen LogP contribution in [0.5, 0.6) is 11.5 Å². The maximum absolute atomic E-state index is 12.2. The number of hydrogen-bond acceptors (Lipinski definition) is 5. The second kappa shape index (κ2) is 6.28. The molecule has 2 aliphatic heterocycles. The summed E-state index contributed by atoms with van der Waals surface area (Å²) >= 11 is 0. The van der Waals surface area contributed by atoms with Gasteiger partial charge in [-0.25, -0.2) is 9.79 Å². The fourth-order valence-electron chi connectivity index (χ4n) is 2.74. The zero-order valence-electron chi connectivity index (χ0n) is 13.6. The predicted octanol–water partition coefficient (Wildman–Crippen LogP) is 3.36. The second-order valence-electron chi connectivity index (χ2n) is 5.58. The molecule has 0 spiro atoms. The Bertz CT molecular complexity index is 940. The molecule has 5 nitrogen and oxygen atoms in total. The van der Waals surface area contributed by atoms with Crippen LogP contribution < -0.4 is 9.47 Å². The molecule has 0 bridgehead atoms. The summed E-state index contributed by atoms with van der Waals surface area (Å²) in [6.45, 7) is 0.382. The van der Waals surface area contributed by atoms with Gasteiger partial charge in [-0.2, -0.15) is 0 Å². The van der Waals surface area contributed by atoms with Crippen molar-refractivity contribution in [3.05, 3.63) is 77.0 Å². The first kappa shape index (κ1) is 15.2. The predicted molar refractivity (Wildman–Crippen MR) is 93.6 cm³/mol. The van der Waals surface area contributed by atoms with Gasteiger partial charge < -0.3 is 14.2 Å². The van der Waals surface area contributed by atoms with Crippen molar-refractivity contribution < 1.29 is 19.0 Å². The summed E-state index contributed by atoms with van der Waals surface area (Å²) in [5.74, 6) is 1.19. The lowest BCUT2D eigenvalue weighted by atomic mass is 10.1. The normalized spacial score (nSPS) is 17.3. The van der Waals surface area contributed by atoms with Gasteiger partial charge in [-0.15, -0.1) is 0 Å². The van der Waals surface area contributed by atoms with E-state index in [1.54, 1.807) is 25.3 Å². The topological polar surface area (TPSA) is 57.1 Å². The van der Waals surface area contributed by atoms with Crippen LogP contribution >= 0.6 is 0 Å². The molecule has 4 rings (SSSR count). The zero-order chi connectivity index (χ0) is 17.2. The summed E-state index contributed by atoms with van der Waals surface area (Å²) in [6.07, 6.45) is 3.68. The average Bonchev–Trinajstić information content (AvgIpc) is 3.02. The molecule has 2 aromatic carbocycles. The number of carbonyl (C=O) groups excluding carboxylic acids is 1. The number of benzene rings is 2. The Labute approximate surface area is 144 Å². The van der Waals surface area contributed by atoms with Crippen molar-refractivity contribution in [3.8, 4) is 11.5 Å². The van der Waals surface area contributed by atoms with Gasteiger partial charge in [-0.3, -0.25) is 0 Å². The summed E-state index contributed by atoms with van der Waals surface area (Å²) in [5, 5.41) is 0. The SMILES string of the molecule is COc1ccccc1C1=N/C(=C/C2=Cc3ccccc3OC2)C(=O)O1. The van der Waals surface area contributed by atoms with E-state index in [4.69, 9.17) is 14.2 Å². The number of ether oxygens (including phenoxy) is 3. The van der Waals surface area contributed by atoms with Gasteiger partial charge in [0.1, 0.15) is 18.1 Å². The summed E-state index contributed by atoms with van der Waals surface area (Å²) in [5.41, 5.74) is 2.72. The van der Waals surface area contributed by atoms with Crippen LogP contribution in [0, 0.1) is 0 Å². The Morgan fingerprint density at radius 2 is 1.92 bits per heavy atom. The molecular formula is C20H15NO4. The van der Waals surface area contributed by atoms with Crippen LogP contribution in [-0.2, 0) is 9.53 Å². The van der Waals surface area contributed by atoms with Gasteiger partial charge in [-0.1, -0.05) is 30.3 Å². The van der Waals surface area contributed by atoms with Crippen molar-refractivity contribution in [1.82, 2.24) is 0 Å². The van der Waals surface area contributed by atoms with Crippen molar-refractivity contribution in [3.63, 3.8) is 0 Å². The number of hydrogen-bond donors (Lipinski definition) is 0. The summed E-state index contributed by atoms with van der Waals surface area (Å²) in [4.78, 5) is 16.5. The van der Waals surface area contributed by atoms with Gasteiger partial charge >= 0.3 is 5.97 Å². The Hall–Kier alpha value is -3.34. The molecular weight excluding hydrogens is 318 g/mol. The quantitative estimate of drug-likeness (QED) is 0.638. The number of para-hydroxylation sites is 2. The third-order valence-electron chi connectivity index (χ3n) is 3.93. The summed E-state index contributed by atoms with van der Waals surface area (Å²) in [7, 11) is 1.56. The molecule has 0 unspecified atom stereocenters. The van der Waals surface area contributed by atoms with E-state index in [9.17, 15) is 4.79 Å². The fourth-order valence-corrected chi connectivity index (χ4v) is 2.74. The highest BCUT2D eigenvalue weighted by molar-refractivity contribution is 6.12. The fraction of sp³-hybridized carbons (Fsp3) is 0.100. The Balaban J connectivity index is 1.67. The van der Waals surface area contributed by atoms with Crippen molar-refractivity contribution in [2.24, 2.45) is 4.99 Å². The Morgan fingerprint density at radius 3 is 2.80 bits per heavy atom. The van der Waals surface area contributed by atoms with Gasteiger partial charge in [0.2, 0.25) is 5.90 Å². The lowest BCUT2D eigenvalue weighted by Gasteiger charge is -2.15. The average molecular weight is 333 g/mol. The zero-order valence-corrected chi connectivity index (χ0v) is 13.6. The van der Waals surface area contributed by atoms with Gasteiger partial charge in [0.25, 0.3) is 0 Å². The first-order chi connectivity index (χ1) is 12.2. The number of methoxy groups -OCH3 is 1. The third kappa shape index (κ3) is 2.92. The second-order valence-corrected chi connectivity index (χ2v) is 5.58. The number of fused-ring (bicyclic) bond motifs is 1. The molecule has 0 amide bonds. The number of carbonyl (C=O) groups is 1. The number of esters is 1. The molecule has 2 aliphatic rings. The molecule has 0 aromatic heterocycles. The first-order valence-corrected chi connectivity index (χ1v) is 7.83. The molecule has 0 aliphatic carbocycles. The molecule has 0 atom stereocenters. The summed E-state index contributed by atoms with van der Waals surface area (Å²) < 4.78 is 16.3. The minimum Gasteiger partial charge on any atom is -0.496 e. The number of cyclic esters (lactones) is 1. The maximum atomic E-state index is 12.2. The number of nitrogens with zero attached hydrogens (tertiary/aromatic N) is 1. The monoisotopic (exact) mass is 333 g/mol. The van der Waals surface area contributed by atoms with E-state index in [0.29, 0.717) is 17.9 Å². The van der Waals surface area contributed by atoms with Crippen molar-refractivity contribution in [1.29, 1.82) is 0 Å². The lowest BCUT2D eigenvalue weighted by molar-refractivity contribution is -0.130. The molecule has 5 heteroatoms. The highest BCUT2D eigenvalue weighted by Crippen LogP contribution is 2.28. The molecule has 0 N–H and O–H groups in total. The van der Waals surface area contributed by atoms with E-state index < -0.39 is 5.97 Å². The number of rotatable bonds is 3. The van der Waals surface area contributed by atoms with Crippen molar-refractivity contribution in [2.75, 3.05) is 13.7 Å². The minimum absolute atomic E-state index is 0.242.